The molecular formula is C14H11F3N2O2. The van der Waals surface area contributed by atoms with Crippen LogP contribution in [0.5, 0.6) is 0 Å². The zero-order chi connectivity index (χ0) is 15.6. The van der Waals surface area contributed by atoms with Crippen LogP contribution in [0.2, 0.25) is 0 Å². The Morgan fingerprint density at radius 1 is 1.14 bits per heavy atom. The van der Waals surface area contributed by atoms with E-state index in [0.29, 0.717) is 0 Å². The molecule has 0 aromatic heterocycles. The number of nitro benzene ring substituents is 1. The molecule has 0 saturated heterocycles. The topological polar surface area (TPSA) is 55.2 Å². The maximum atomic E-state index is 13.5. The van der Waals surface area contributed by atoms with Crippen LogP contribution in [0.25, 0.3) is 0 Å². The van der Waals surface area contributed by atoms with E-state index in [4.69, 9.17) is 0 Å². The summed E-state index contributed by atoms with van der Waals surface area (Å²) >= 11 is 0. The fourth-order valence-corrected chi connectivity index (χ4v) is 1.83. The minimum absolute atomic E-state index is 0.0197. The Labute approximate surface area is 118 Å². The van der Waals surface area contributed by atoms with Crippen LogP contribution in [0, 0.1) is 34.5 Å². The third-order valence-electron chi connectivity index (χ3n) is 2.95. The lowest BCUT2D eigenvalue weighted by Gasteiger charge is -2.09. The quantitative estimate of drug-likeness (QED) is 0.687. The molecular weight excluding hydrogens is 285 g/mol. The minimum atomic E-state index is -0.743. The molecule has 2 rings (SSSR count). The smallest absolute Gasteiger partial charge is 0.295 e. The second kappa shape index (κ2) is 5.82. The van der Waals surface area contributed by atoms with Crippen molar-refractivity contribution in [2.24, 2.45) is 0 Å². The zero-order valence-corrected chi connectivity index (χ0v) is 11.0. The summed E-state index contributed by atoms with van der Waals surface area (Å²) < 4.78 is 39.9. The normalized spacial score (nSPS) is 10.5. The standard InChI is InChI=1S/C14H11F3N2O2/c1-8-4-13(14(19(20)21)6-12(8)17)18-7-9-5-10(15)2-3-11(9)16/h2-6,18H,7H2,1H3. The van der Waals surface area contributed by atoms with Gasteiger partial charge in [-0.1, -0.05) is 0 Å². The van der Waals surface area contributed by atoms with Crippen LogP contribution >= 0.6 is 0 Å². The van der Waals surface area contributed by atoms with Crippen LogP contribution < -0.4 is 5.32 Å². The van der Waals surface area contributed by atoms with Gasteiger partial charge in [0.05, 0.1) is 11.0 Å². The van der Waals surface area contributed by atoms with E-state index in [2.05, 4.69) is 5.32 Å². The monoisotopic (exact) mass is 296 g/mol. The van der Waals surface area contributed by atoms with Gasteiger partial charge in [0.2, 0.25) is 0 Å². The first kappa shape index (κ1) is 14.8. The molecule has 0 amide bonds. The Bertz CT molecular complexity index is 705. The van der Waals surface area contributed by atoms with Crippen LogP contribution in [-0.2, 0) is 6.54 Å². The lowest BCUT2D eigenvalue weighted by atomic mass is 10.1. The van der Waals surface area contributed by atoms with Crippen molar-refractivity contribution in [3.63, 3.8) is 0 Å². The van der Waals surface area contributed by atoms with Crippen molar-refractivity contribution in [3.8, 4) is 0 Å². The van der Waals surface area contributed by atoms with Crippen molar-refractivity contribution in [1.29, 1.82) is 0 Å². The second-order valence-electron chi connectivity index (χ2n) is 4.46. The summed E-state index contributed by atoms with van der Waals surface area (Å²) in [5, 5.41) is 13.5. The first-order chi connectivity index (χ1) is 9.88. The Hall–Kier alpha value is -2.57. The van der Waals surface area contributed by atoms with E-state index in [9.17, 15) is 23.3 Å². The highest BCUT2D eigenvalue weighted by atomic mass is 19.1. The molecule has 2 aromatic carbocycles. The first-order valence-corrected chi connectivity index (χ1v) is 6.01. The van der Waals surface area contributed by atoms with Crippen LogP contribution in [-0.4, -0.2) is 4.92 Å². The summed E-state index contributed by atoms with van der Waals surface area (Å²) in [7, 11) is 0. The molecule has 1 N–H and O–H groups in total. The molecule has 0 spiro atoms. The molecule has 0 bridgehead atoms. The third kappa shape index (κ3) is 3.31. The van der Waals surface area contributed by atoms with Crippen LogP contribution in [0.4, 0.5) is 24.5 Å². The van der Waals surface area contributed by atoms with E-state index in [-0.39, 0.29) is 23.4 Å². The number of nitrogens with zero attached hydrogens (tertiary/aromatic N) is 1. The number of benzene rings is 2. The summed E-state index contributed by atoms with van der Waals surface area (Å²) in [6.07, 6.45) is 0. The van der Waals surface area contributed by atoms with Crippen molar-refractivity contribution in [2.45, 2.75) is 13.5 Å². The van der Waals surface area contributed by atoms with Crippen molar-refractivity contribution < 1.29 is 18.1 Å². The second-order valence-corrected chi connectivity index (χ2v) is 4.46. The van der Waals surface area contributed by atoms with Crippen molar-refractivity contribution in [2.75, 3.05) is 5.32 Å². The van der Waals surface area contributed by atoms with Crippen LogP contribution in [0.1, 0.15) is 11.1 Å². The van der Waals surface area contributed by atoms with Gasteiger partial charge in [-0.15, -0.1) is 0 Å². The number of nitro groups is 1. The molecule has 110 valence electrons. The predicted molar refractivity (Wildman–Crippen MR) is 71.5 cm³/mol. The maximum absolute atomic E-state index is 13.5. The molecule has 0 fully saturated rings. The summed E-state index contributed by atoms with van der Waals surface area (Å²) in [5.41, 5.74) is -0.188. The summed E-state index contributed by atoms with van der Waals surface area (Å²) in [4.78, 5) is 10.1. The average Bonchev–Trinajstić information content (AvgIpc) is 2.42. The molecule has 0 aliphatic rings. The van der Waals surface area contributed by atoms with Gasteiger partial charge >= 0.3 is 0 Å². The Morgan fingerprint density at radius 2 is 1.86 bits per heavy atom. The molecule has 0 atom stereocenters. The van der Waals surface area contributed by atoms with E-state index in [1.807, 2.05) is 0 Å². The van der Waals surface area contributed by atoms with Gasteiger partial charge in [-0.05, 0) is 36.8 Å². The molecule has 0 aliphatic carbocycles. The van der Waals surface area contributed by atoms with E-state index in [1.165, 1.54) is 13.0 Å². The molecule has 0 saturated carbocycles. The van der Waals surface area contributed by atoms with Crippen LogP contribution in [0.3, 0.4) is 0 Å². The minimum Gasteiger partial charge on any atom is -0.375 e. The first-order valence-electron chi connectivity index (χ1n) is 6.01. The maximum Gasteiger partial charge on any atom is 0.295 e. The van der Waals surface area contributed by atoms with E-state index in [1.54, 1.807) is 0 Å². The lowest BCUT2D eigenvalue weighted by molar-refractivity contribution is -0.384. The molecule has 0 aliphatic heterocycles. The van der Waals surface area contributed by atoms with Gasteiger partial charge < -0.3 is 5.32 Å². The largest absolute Gasteiger partial charge is 0.375 e. The molecule has 0 heterocycles. The molecule has 0 radical (unpaired) electrons. The summed E-state index contributed by atoms with van der Waals surface area (Å²) in [6, 6.07) is 4.98. The predicted octanol–water partition coefficient (Wildman–Crippen LogP) is 3.93. The van der Waals surface area contributed by atoms with Gasteiger partial charge in [0.25, 0.3) is 5.69 Å². The number of hydrogen-bond donors (Lipinski definition) is 1. The number of halogens is 3. The highest BCUT2D eigenvalue weighted by Crippen LogP contribution is 2.28. The fraction of sp³-hybridized carbons (Fsp3) is 0.143. The average molecular weight is 296 g/mol. The molecule has 0 unspecified atom stereocenters. The van der Waals surface area contributed by atoms with E-state index >= 15 is 0 Å². The number of nitrogens with one attached hydrogen (secondary N) is 1. The SMILES string of the molecule is Cc1cc(NCc2cc(F)ccc2F)c([N+](=O)[O-])cc1F. The van der Waals surface area contributed by atoms with Crippen LogP contribution in [0.15, 0.2) is 30.3 Å². The van der Waals surface area contributed by atoms with Gasteiger partial charge in [0.15, 0.2) is 0 Å². The summed E-state index contributed by atoms with van der Waals surface area (Å²) in [6.45, 7) is 1.29. The van der Waals surface area contributed by atoms with Gasteiger partial charge in [0.1, 0.15) is 23.1 Å². The van der Waals surface area contributed by atoms with E-state index < -0.39 is 28.1 Å². The fourth-order valence-electron chi connectivity index (χ4n) is 1.83. The Balaban J connectivity index is 2.29. The van der Waals surface area contributed by atoms with Gasteiger partial charge in [0, 0.05) is 12.1 Å². The van der Waals surface area contributed by atoms with Gasteiger partial charge in [-0.25, -0.2) is 13.2 Å². The third-order valence-corrected chi connectivity index (χ3v) is 2.95. The Morgan fingerprint density at radius 3 is 2.52 bits per heavy atom. The number of anilines is 1. The molecule has 2 aromatic rings. The number of hydrogen-bond acceptors (Lipinski definition) is 3. The number of rotatable bonds is 4. The zero-order valence-electron chi connectivity index (χ0n) is 11.0. The molecule has 4 nitrogen and oxygen atoms in total. The van der Waals surface area contributed by atoms with Gasteiger partial charge in [-0.3, -0.25) is 10.1 Å². The van der Waals surface area contributed by atoms with Gasteiger partial charge in [-0.2, -0.15) is 0 Å². The molecule has 7 heteroatoms. The Kier molecular flexibility index (Phi) is 4.11. The molecule has 21 heavy (non-hydrogen) atoms. The lowest BCUT2D eigenvalue weighted by Crippen LogP contribution is -2.05. The highest BCUT2D eigenvalue weighted by Gasteiger charge is 2.17. The number of aryl methyl sites for hydroxylation is 1. The summed E-state index contributed by atoms with van der Waals surface area (Å²) in [5.74, 6) is -1.95. The van der Waals surface area contributed by atoms with Crippen molar-refractivity contribution in [1.82, 2.24) is 0 Å². The van der Waals surface area contributed by atoms with E-state index in [0.717, 1.165) is 24.3 Å². The van der Waals surface area contributed by atoms with Crippen molar-refractivity contribution >= 4 is 11.4 Å². The van der Waals surface area contributed by atoms with Crippen molar-refractivity contribution in [3.05, 3.63) is 69.0 Å². The highest BCUT2D eigenvalue weighted by molar-refractivity contribution is 5.63.